The van der Waals surface area contributed by atoms with Crippen LogP contribution in [-0.4, -0.2) is 86.1 Å². The number of aromatic nitrogens is 5. The summed E-state index contributed by atoms with van der Waals surface area (Å²) in [4.78, 5) is 27.1. The molecule has 0 radical (unpaired) electrons. The fourth-order valence-electron chi connectivity index (χ4n) is 6.35. The van der Waals surface area contributed by atoms with E-state index in [1.807, 2.05) is 17.1 Å². The van der Waals surface area contributed by atoms with Crippen molar-refractivity contribution < 1.29 is 14.6 Å². The maximum atomic E-state index is 12.2. The van der Waals surface area contributed by atoms with Crippen molar-refractivity contribution in [3.8, 4) is 11.4 Å². The lowest BCUT2D eigenvalue weighted by Crippen LogP contribution is -2.41. The van der Waals surface area contributed by atoms with E-state index >= 15 is 0 Å². The van der Waals surface area contributed by atoms with Crippen molar-refractivity contribution in [3.05, 3.63) is 35.8 Å². The summed E-state index contributed by atoms with van der Waals surface area (Å²) in [5.74, 6) is 0.462. The lowest BCUT2D eigenvalue weighted by molar-refractivity contribution is -0.122. The first kappa shape index (κ1) is 25.3. The van der Waals surface area contributed by atoms with Crippen molar-refractivity contribution in [2.24, 2.45) is 23.5 Å². The van der Waals surface area contributed by atoms with E-state index in [-0.39, 0.29) is 35.7 Å². The number of halogens is 1. The molecule has 5 atom stereocenters. The molecule has 1 amide bonds. The number of carbonyl (C=O) groups excluding carboxylic acids is 1. The summed E-state index contributed by atoms with van der Waals surface area (Å²) in [5.41, 5.74) is 8.51. The summed E-state index contributed by atoms with van der Waals surface area (Å²) in [6.07, 6.45) is 12.0. The second-order valence-corrected chi connectivity index (χ2v) is 11.1. The number of piperidine rings is 1. The maximum Gasteiger partial charge on any atom is 0.223 e. The Balaban J connectivity index is 1.19. The summed E-state index contributed by atoms with van der Waals surface area (Å²) < 4.78 is 7.04. The van der Waals surface area contributed by atoms with Gasteiger partial charge in [0.15, 0.2) is 5.65 Å². The third kappa shape index (κ3) is 4.68. The molecule has 3 aromatic heterocycles. The van der Waals surface area contributed by atoms with Gasteiger partial charge in [-0.1, -0.05) is 23.8 Å². The van der Waals surface area contributed by atoms with Gasteiger partial charge in [-0.25, -0.2) is 9.97 Å². The smallest absolute Gasteiger partial charge is 0.223 e. The average molecular weight is 541 g/mol. The number of primary amides is 1. The lowest BCUT2D eigenvalue weighted by Gasteiger charge is -2.33. The molecule has 6 rings (SSSR count). The van der Waals surface area contributed by atoms with Crippen LogP contribution >= 0.6 is 11.6 Å². The number of nitrogens with one attached hydrogen (secondary N) is 2. The fourth-order valence-corrected chi connectivity index (χ4v) is 6.54. The highest BCUT2D eigenvalue weighted by atomic mass is 35.5. The first-order valence-electron chi connectivity index (χ1n) is 13.1. The Morgan fingerprint density at radius 3 is 2.87 bits per heavy atom. The van der Waals surface area contributed by atoms with Crippen molar-refractivity contribution >= 4 is 34.4 Å². The van der Waals surface area contributed by atoms with Crippen LogP contribution in [0.5, 0.6) is 0 Å². The number of fused-ring (bicyclic) bond motifs is 3. The minimum Gasteiger partial charge on any atom is -0.389 e. The van der Waals surface area contributed by atoms with Gasteiger partial charge in [-0.05, 0) is 31.1 Å². The molecular weight excluding hydrogens is 508 g/mol. The number of methoxy groups -OCH3 is 1. The molecular formula is C26H33ClN8O3. The molecule has 3 aromatic rings. The molecule has 11 nitrogen and oxygen atoms in total. The van der Waals surface area contributed by atoms with E-state index in [0.717, 1.165) is 37.9 Å². The van der Waals surface area contributed by atoms with Gasteiger partial charge in [0, 0.05) is 39.0 Å². The number of nitrogens with zero attached hydrogens (tertiary/aromatic N) is 5. The number of carbonyl (C=O) groups is 1. The molecule has 0 spiro atoms. The number of amides is 1. The van der Waals surface area contributed by atoms with Gasteiger partial charge >= 0.3 is 0 Å². The van der Waals surface area contributed by atoms with Crippen LogP contribution in [0.25, 0.3) is 22.6 Å². The topological polar surface area (TPSA) is 147 Å². The molecule has 1 saturated heterocycles. The number of ether oxygens (including phenoxy) is 1. The molecule has 38 heavy (non-hydrogen) atoms. The van der Waals surface area contributed by atoms with Crippen LogP contribution in [0.4, 0.5) is 5.69 Å². The van der Waals surface area contributed by atoms with Gasteiger partial charge in [-0.2, -0.15) is 5.10 Å². The van der Waals surface area contributed by atoms with Gasteiger partial charge in [0.05, 0.1) is 53.3 Å². The number of aliphatic hydroxyl groups excluding tert-OH is 1. The summed E-state index contributed by atoms with van der Waals surface area (Å²) in [7, 11) is 1.60. The number of aromatic amines is 1. The molecule has 12 heteroatoms. The van der Waals surface area contributed by atoms with E-state index in [1.165, 1.54) is 0 Å². The van der Waals surface area contributed by atoms with Crippen molar-refractivity contribution in [2.45, 2.75) is 37.5 Å². The second kappa shape index (κ2) is 10.3. The van der Waals surface area contributed by atoms with Crippen LogP contribution in [0.3, 0.4) is 0 Å². The SMILES string of the molecule is COCC(O)CN1CCC(n2cc(-c3nc4c(N[C@H]5[C@@H](C(N)=O)[C@@H]6C=C[C@H]5C6)c(Cl)cnc4[nH]3)cn2)CC1. The minimum absolute atomic E-state index is 0.130. The van der Waals surface area contributed by atoms with Crippen molar-refractivity contribution in [1.29, 1.82) is 0 Å². The molecule has 2 fully saturated rings. The van der Waals surface area contributed by atoms with E-state index in [1.54, 1.807) is 13.3 Å². The lowest BCUT2D eigenvalue weighted by atomic mass is 9.88. The van der Waals surface area contributed by atoms with Gasteiger partial charge in [0.2, 0.25) is 5.91 Å². The largest absolute Gasteiger partial charge is 0.389 e. The molecule has 0 aromatic carbocycles. The number of allylic oxidation sites excluding steroid dienone is 1. The van der Waals surface area contributed by atoms with Crippen LogP contribution in [0.1, 0.15) is 25.3 Å². The monoisotopic (exact) mass is 540 g/mol. The zero-order valence-electron chi connectivity index (χ0n) is 21.3. The van der Waals surface area contributed by atoms with Crippen LogP contribution in [0.2, 0.25) is 5.02 Å². The normalized spacial score (nSPS) is 26.4. The molecule has 1 saturated carbocycles. The van der Waals surface area contributed by atoms with E-state index in [9.17, 15) is 9.90 Å². The molecule has 2 bridgehead atoms. The average Bonchev–Trinajstić information content (AvgIpc) is 3.69. The summed E-state index contributed by atoms with van der Waals surface area (Å²) in [6, 6.07) is 0.153. The number of H-pyrrole nitrogens is 1. The Kier molecular flexibility index (Phi) is 6.85. The molecule has 2 aliphatic carbocycles. The molecule has 1 unspecified atom stereocenters. The zero-order valence-corrected chi connectivity index (χ0v) is 22.0. The first-order chi connectivity index (χ1) is 18.4. The van der Waals surface area contributed by atoms with E-state index in [4.69, 9.17) is 27.1 Å². The number of hydrogen-bond donors (Lipinski definition) is 4. The predicted molar refractivity (Wildman–Crippen MR) is 144 cm³/mol. The summed E-state index contributed by atoms with van der Waals surface area (Å²) in [6.45, 7) is 2.76. The van der Waals surface area contributed by atoms with Gasteiger partial charge in [-0.3, -0.25) is 9.48 Å². The first-order valence-corrected chi connectivity index (χ1v) is 13.5. The van der Waals surface area contributed by atoms with Gasteiger partial charge < -0.3 is 30.8 Å². The zero-order chi connectivity index (χ0) is 26.4. The highest BCUT2D eigenvalue weighted by Gasteiger charge is 2.47. The number of pyridine rings is 1. The number of aliphatic hydroxyl groups is 1. The molecule has 202 valence electrons. The number of imidazole rings is 1. The van der Waals surface area contributed by atoms with Gasteiger partial charge in [-0.15, -0.1) is 0 Å². The second-order valence-electron chi connectivity index (χ2n) is 10.7. The number of β-amino-alcohol motifs (C(OH)–C–C–N with tert-alkyl or cyclic N) is 1. The van der Waals surface area contributed by atoms with E-state index in [2.05, 4.69) is 37.4 Å². The number of likely N-dealkylation sites (tertiary alicyclic amines) is 1. The van der Waals surface area contributed by atoms with Crippen LogP contribution in [-0.2, 0) is 9.53 Å². The molecule has 3 aliphatic rings. The summed E-state index contributed by atoms with van der Waals surface area (Å²) >= 11 is 6.58. The highest BCUT2D eigenvalue weighted by molar-refractivity contribution is 6.34. The van der Waals surface area contributed by atoms with Crippen LogP contribution < -0.4 is 11.1 Å². The Morgan fingerprint density at radius 1 is 1.32 bits per heavy atom. The van der Waals surface area contributed by atoms with Crippen molar-refractivity contribution in [2.75, 3.05) is 38.7 Å². The standard InChI is InChI=1S/C26H33ClN8O3/c1-38-13-18(36)12-34-6-4-17(5-7-34)35-11-16(9-30-35)25-32-23-22(19(27)10-29-26(23)33-25)31-21-15-3-2-14(8-15)20(21)24(28)37/h2-3,9-11,14-15,17-18,20-21,36H,4-8,12-13H2,1H3,(H2,28,37)(H2,29,31,32,33)/t14-,15+,18?,20+,21-/m1/s1. The third-order valence-electron chi connectivity index (χ3n) is 8.20. The Morgan fingerprint density at radius 2 is 2.11 bits per heavy atom. The van der Waals surface area contributed by atoms with Gasteiger partial charge in [0.1, 0.15) is 11.3 Å². The Bertz CT molecular complexity index is 1350. The molecule has 5 N–H and O–H groups in total. The molecule has 1 aliphatic heterocycles. The summed E-state index contributed by atoms with van der Waals surface area (Å²) in [5, 5.41) is 18.6. The van der Waals surface area contributed by atoms with Crippen LogP contribution in [0.15, 0.2) is 30.7 Å². The number of nitrogens with two attached hydrogens (primary N) is 1. The number of anilines is 1. The van der Waals surface area contributed by atoms with Crippen LogP contribution in [0, 0.1) is 17.8 Å². The van der Waals surface area contributed by atoms with Gasteiger partial charge in [0.25, 0.3) is 0 Å². The number of hydrogen-bond acceptors (Lipinski definition) is 8. The molecule has 4 heterocycles. The quantitative estimate of drug-likeness (QED) is 0.302. The Hall–Kier alpha value is -2.99. The fraction of sp³-hybridized carbons (Fsp3) is 0.538. The third-order valence-corrected chi connectivity index (χ3v) is 8.49. The Labute approximate surface area is 225 Å². The predicted octanol–water partition coefficient (Wildman–Crippen LogP) is 2.21. The van der Waals surface area contributed by atoms with E-state index in [0.29, 0.717) is 40.8 Å². The maximum absolute atomic E-state index is 12.2. The van der Waals surface area contributed by atoms with E-state index < -0.39 is 6.10 Å². The van der Waals surface area contributed by atoms with Crippen molar-refractivity contribution in [3.63, 3.8) is 0 Å². The minimum atomic E-state index is -0.468. The highest BCUT2D eigenvalue weighted by Crippen LogP contribution is 2.46. The van der Waals surface area contributed by atoms with Crippen molar-refractivity contribution in [1.82, 2.24) is 29.6 Å². The number of rotatable bonds is 9.